The first-order valence-electron chi connectivity index (χ1n) is 7.70. The number of imidazole rings is 1. The van der Waals surface area contributed by atoms with Crippen LogP contribution in [-0.4, -0.2) is 9.13 Å². The molecule has 0 spiro atoms. The van der Waals surface area contributed by atoms with Gasteiger partial charge in [-0.15, -0.1) is 0 Å². The molecular weight excluding hydrogens is 274 g/mol. The SMILES string of the molecule is CCn1c(=O)n(CC)c2cc(C(N)c3ccccc3)ccc21. The normalized spacial score (nSPS) is 12.7. The van der Waals surface area contributed by atoms with E-state index in [1.165, 1.54) is 0 Å². The first-order chi connectivity index (χ1) is 10.7. The fourth-order valence-electron chi connectivity index (χ4n) is 2.99. The van der Waals surface area contributed by atoms with Crippen LogP contribution in [-0.2, 0) is 13.1 Å². The summed E-state index contributed by atoms with van der Waals surface area (Å²) in [6.45, 7) is 5.31. The van der Waals surface area contributed by atoms with Crippen LogP contribution in [0.2, 0.25) is 0 Å². The zero-order chi connectivity index (χ0) is 15.7. The molecule has 0 aliphatic heterocycles. The molecular formula is C18H21N3O. The molecule has 2 N–H and O–H groups in total. The van der Waals surface area contributed by atoms with E-state index in [1.807, 2.05) is 62.4 Å². The van der Waals surface area contributed by atoms with Gasteiger partial charge in [0.05, 0.1) is 17.1 Å². The first-order valence-corrected chi connectivity index (χ1v) is 7.70. The van der Waals surface area contributed by atoms with Gasteiger partial charge in [-0.2, -0.15) is 0 Å². The van der Waals surface area contributed by atoms with Crippen LogP contribution in [0.15, 0.2) is 53.3 Å². The number of aromatic nitrogens is 2. The zero-order valence-corrected chi connectivity index (χ0v) is 13.0. The van der Waals surface area contributed by atoms with Crippen molar-refractivity contribution in [3.8, 4) is 0 Å². The second-order valence-electron chi connectivity index (χ2n) is 5.41. The molecule has 0 amide bonds. The molecule has 22 heavy (non-hydrogen) atoms. The minimum atomic E-state index is -0.184. The van der Waals surface area contributed by atoms with E-state index in [0.717, 1.165) is 22.2 Å². The number of nitrogens with zero attached hydrogens (tertiary/aromatic N) is 2. The third-order valence-electron chi connectivity index (χ3n) is 4.19. The molecule has 0 radical (unpaired) electrons. The Bertz CT molecular complexity index is 846. The van der Waals surface area contributed by atoms with Gasteiger partial charge in [0.2, 0.25) is 0 Å². The second kappa shape index (κ2) is 5.81. The van der Waals surface area contributed by atoms with E-state index in [2.05, 4.69) is 0 Å². The number of hydrogen-bond acceptors (Lipinski definition) is 2. The van der Waals surface area contributed by atoms with Gasteiger partial charge in [-0.25, -0.2) is 4.79 Å². The highest BCUT2D eigenvalue weighted by atomic mass is 16.1. The minimum Gasteiger partial charge on any atom is -0.320 e. The highest BCUT2D eigenvalue weighted by Gasteiger charge is 2.14. The van der Waals surface area contributed by atoms with Gasteiger partial charge in [-0.3, -0.25) is 9.13 Å². The number of fused-ring (bicyclic) bond motifs is 1. The Labute approximate surface area is 129 Å². The third-order valence-corrected chi connectivity index (χ3v) is 4.19. The predicted molar refractivity (Wildman–Crippen MR) is 90.0 cm³/mol. The topological polar surface area (TPSA) is 53.0 Å². The lowest BCUT2D eigenvalue weighted by molar-refractivity contribution is 0.670. The van der Waals surface area contributed by atoms with Crippen LogP contribution in [0.3, 0.4) is 0 Å². The van der Waals surface area contributed by atoms with E-state index in [-0.39, 0.29) is 11.7 Å². The number of nitrogens with two attached hydrogens (primary N) is 1. The molecule has 1 atom stereocenters. The van der Waals surface area contributed by atoms with E-state index in [0.29, 0.717) is 13.1 Å². The van der Waals surface area contributed by atoms with Crippen LogP contribution in [0.4, 0.5) is 0 Å². The standard InChI is InChI=1S/C18H21N3O/c1-3-20-15-11-10-14(12-16(15)21(4-2)18(20)22)17(19)13-8-6-5-7-9-13/h5-12,17H,3-4,19H2,1-2H3. The lowest BCUT2D eigenvalue weighted by Crippen LogP contribution is -2.23. The molecule has 0 aliphatic rings. The zero-order valence-electron chi connectivity index (χ0n) is 13.0. The first kappa shape index (κ1) is 14.6. The molecule has 0 fully saturated rings. The molecule has 1 unspecified atom stereocenters. The average Bonchev–Trinajstić information content (AvgIpc) is 2.84. The van der Waals surface area contributed by atoms with Crippen molar-refractivity contribution >= 4 is 11.0 Å². The van der Waals surface area contributed by atoms with Gasteiger partial charge in [0.1, 0.15) is 0 Å². The fraction of sp³-hybridized carbons (Fsp3) is 0.278. The highest BCUT2D eigenvalue weighted by Crippen LogP contribution is 2.23. The summed E-state index contributed by atoms with van der Waals surface area (Å²) < 4.78 is 3.61. The van der Waals surface area contributed by atoms with Crippen molar-refractivity contribution in [2.75, 3.05) is 0 Å². The number of rotatable bonds is 4. The van der Waals surface area contributed by atoms with Gasteiger partial charge in [-0.05, 0) is 37.1 Å². The Morgan fingerprint density at radius 2 is 1.55 bits per heavy atom. The molecule has 4 heteroatoms. The van der Waals surface area contributed by atoms with E-state index in [4.69, 9.17) is 5.73 Å². The summed E-state index contributed by atoms with van der Waals surface area (Å²) in [6.07, 6.45) is 0. The van der Waals surface area contributed by atoms with Crippen molar-refractivity contribution in [3.63, 3.8) is 0 Å². The Morgan fingerprint density at radius 3 is 2.18 bits per heavy atom. The van der Waals surface area contributed by atoms with Crippen LogP contribution in [0, 0.1) is 0 Å². The van der Waals surface area contributed by atoms with Gasteiger partial charge in [0, 0.05) is 13.1 Å². The van der Waals surface area contributed by atoms with E-state index >= 15 is 0 Å². The maximum atomic E-state index is 12.4. The van der Waals surface area contributed by atoms with Crippen molar-refractivity contribution in [1.29, 1.82) is 0 Å². The van der Waals surface area contributed by atoms with Gasteiger partial charge in [0.15, 0.2) is 0 Å². The summed E-state index contributed by atoms with van der Waals surface area (Å²) in [4.78, 5) is 12.4. The van der Waals surface area contributed by atoms with Gasteiger partial charge in [0.25, 0.3) is 0 Å². The molecule has 4 nitrogen and oxygen atoms in total. The second-order valence-corrected chi connectivity index (χ2v) is 5.41. The summed E-state index contributed by atoms with van der Waals surface area (Å²) >= 11 is 0. The van der Waals surface area contributed by atoms with E-state index < -0.39 is 0 Å². The molecule has 0 saturated heterocycles. The number of aryl methyl sites for hydroxylation is 2. The summed E-state index contributed by atoms with van der Waals surface area (Å²) in [5, 5.41) is 0. The number of hydrogen-bond donors (Lipinski definition) is 1. The lowest BCUT2D eigenvalue weighted by Gasteiger charge is -2.13. The van der Waals surface area contributed by atoms with Crippen molar-refractivity contribution in [3.05, 3.63) is 70.1 Å². The van der Waals surface area contributed by atoms with Gasteiger partial charge >= 0.3 is 5.69 Å². The molecule has 0 bridgehead atoms. The third kappa shape index (κ3) is 2.25. The molecule has 2 aromatic carbocycles. The highest BCUT2D eigenvalue weighted by molar-refractivity contribution is 5.77. The van der Waals surface area contributed by atoms with Crippen molar-refractivity contribution < 1.29 is 0 Å². The Hall–Kier alpha value is -2.33. The van der Waals surface area contributed by atoms with E-state index in [1.54, 1.807) is 9.13 Å². The van der Waals surface area contributed by atoms with Crippen LogP contribution < -0.4 is 11.4 Å². The summed E-state index contributed by atoms with van der Waals surface area (Å²) in [5.41, 5.74) is 10.4. The van der Waals surface area contributed by atoms with Crippen molar-refractivity contribution in [2.24, 2.45) is 5.73 Å². The van der Waals surface area contributed by atoms with Crippen LogP contribution in [0.5, 0.6) is 0 Å². The van der Waals surface area contributed by atoms with Crippen LogP contribution >= 0.6 is 0 Å². The maximum Gasteiger partial charge on any atom is 0.329 e. The fourth-order valence-corrected chi connectivity index (χ4v) is 2.99. The van der Waals surface area contributed by atoms with Gasteiger partial charge in [-0.1, -0.05) is 36.4 Å². The molecule has 0 aliphatic carbocycles. The Balaban J connectivity index is 2.16. The van der Waals surface area contributed by atoms with Crippen LogP contribution in [0.25, 0.3) is 11.0 Å². The maximum absolute atomic E-state index is 12.4. The predicted octanol–water partition coefficient (Wildman–Crippen LogP) is 2.89. The monoisotopic (exact) mass is 295 g/mol. The Morgan fingerprint density at radius 1 is 0.909 bits per heavy atom. The average molecular weight is 295 g/mol. The van der Waals surface area contributed by atoms with Crippen LogP contribution in [0.1, 0.15) is 31.0 Å². The summed E-state index contributed by atoms with van der Waals surface area (Å²) in [7, 11) is 0. The lowest BCUT2D eigenvalue weighted by atomic mass is 9.99. The van der Waals surface area contributed by atoms with Crippen molar-refractivity contribution in [1.82, 2.24) is 9.13 Å². The molecule has 0 saturated carbocycles. The largest absolute Gasteiger partial charge is 0.329 e. The summed E-state index contributed by atoms with van der Waals surface area (Å²) in [5.74, 6) is 0. The van der Waals surface area contributed by atoms with Crippen molar-refractivity contribution in [2.45, 2.75) is 33.0 Å². The minimum absolute atomic E-state index is 0.0467. The molecule has 1 heterocycles. The smallest absolute Gasteiger partial charge is 0.320 e. The Kier molecular flexibility index (Phi) is 3.86. The quantitative estimate of drug-likeness (QED) is 0.804. The molecule has 3 aromatic rings. The molecule has 114 valence electrons. The number of benzene rings is 2. The van der Waals surface area contributed by atoms with Gasteiger partial charge < -0.3 is 5.73 Å². The summed E-state index contributed by atoms with van der Waals surface area (Å²) in [6, 6.07) is 15.9. The van der Waals surface area contributed by atoms with E-state index in [9.17, 15) is 4.79 Å². The molecule has 3 rings (SSSR count). The molecule has 1 aromatic heterocycles.